The van der Waals surface area contributed by atoms with Gasteiger partial charge in [0.15, 0.2) is 0 Å². The van der Waals surface area contributed by atoms with Crippen LogP contribution in [0.4, 0.5) is 0 Å². The maximum Gasteiger partial charge on any atom is 0.338 e. The topological polar surface area (TPSA) is 81.7 Å². The average molecular weight is 389 g/mol. The Morgan fingerprint density at radius 3 is 2.57 bits per heavy atom. The molecule has 0 saturated heterocycles. The summed E-state index contributed by atoms with van der Waals surface area (Å²) in [5.41, 5.74) is 1.02. The van der Waals surface area contributed by atoms with Gasteiger partial charge in [-0.3, -0.25) is 4.79 Å². The first-order valence-corrected chi connectivity index (χ1v) is 10.0. The minimum Gasteiger partial charge on any atom is -0.460 e. The van der Waals surface area contributed by atoms with Crippen LogP contribution in [-0.2, 0) is 23.9 Å². The lowest BCUT2D eigenvalue weighted by molar-refractivity contribution is -0.168. The van der Waals surface area contributed by atoms with E-state index in [0.29, 0.717) is 12.0 Å². The van der Waals surface area contributed by atoms with E-state index >= 15 is 0 Å². The third kappa shape index (κ3) is 3.27. The van der Waals surface area contributed by atoms with Gasteiger partial charge in [0.2, 0.25) is 5.91 Å². The number of ether oxygens (including phenoxy) is 2. The van der Waals surface area contributed by atoms with Crippen molar-refractivity contribution < 1.29 is 23.9 Å². The van der Waals surface area contributed by atoms with Gasteiger partial charge < -0.3 is 14.8 Å². The highest BCUT2D eigenvalue weighted by Gasteiger charge is 2.58. The molecule has 0 radical (unpaired) electrons. The van der Waals surface area contributed by atoms with E-state index in [-0.39, 0.29) is 41.8 Å². The Kier molecular flexibility index (Phi) is 5.19. The second kappa shape index (κ2) is 7.05. The molecule has 0 aromatic carbocycles. The lowest BCUT2D eigenvalue weighted by Gasteiger charge is -2.55. The van der Waals surface area contributed by atoms with E-state index in [9.17, 15) is 14.4 Å². The fourth-order valence-electron chi connectivity index (χ4n) is 5.15. The second-order valence-electron chi connectivity index (χ2n) is 9.46. The van der Waals surface area contributed by atoms with Crippen LogP contribution in [0, 0.1) is 22.7 Å². The quantitative estimate of drug-likeness (QED) is 0.748. The Labute approximate surface area is 166 Å². The van der Waals surface area contributed by atoms with Crippen molar-refractivity contribution in [2.24, 2.45) is 22.7 Å². The molecule has 0 bridgehead atoms. The molecule has 1 fully saturated rings. The molecule has 1 saturated carbocycles. The predicted octanol–water partition coefficient (Wildman–Crippen LogP) is 2.92. The maximum absolute atomic E-state index is 13.0. The highest BCUT2D eigenvalue weighted by atomic mass is 16.6. The Balaban J connectivity index is 1.94. The number of cyclic esters (lactones) is 1. The van der Waals surface area contributed by atoms with Crippen LogP contribution in [0.15, 0.2) is 23.3 Å². The zero-order chi connectivity index (χ0) is 20.9. The molecule has 2 aliphatic carbocycles. The van der Waals surface area contributed by atoms with Crippen molar-refractivity contribution in [1.82, 2.24) is 5.32 Å². The van der Waals surface area contributed by atoms with Gasteiger partial charge in [-0.05, 0) is 35.7 Å². The third-order valence-corrected chi connectivity index (χ3v) is 6.74. The standard InChI is InChI=1S/C22H31NO5/c1-12(2)18(23-13(3)24)20(26)28-17-9-10-21(4,5)16-8-7-14-15(22(16,17)6)11-27-19(14)25/h7-8,12,16-18H,9-11H2,1-6H3,(H,23,24)/t16-,17-,18-,22+/m0/s1. The number of carbonyl (C=O) groups is 3. The first-order valence-electron chi connectivity index (χ1n) is 10.0. The number of amides is 1. The van der Waals surface area contributed by atoms with E-state index < -0.39 is 17.4 Å². The van der Waals surface area contributed by atoms with Gasteiger partial charge in [-0.1, -0.05) is 46.8 Å². The van der Waals surface area contributed by atoms with Crippen molar-refractivity contribution in [2.75, 3.05) is 6.61 Å². The molecule has 6 heteroatoms. The summed E-state index contributed by atoms with van der Waals surface area (Å²) in [6.45, 7) is 11.9. The Hall–Kier alpha value is -2.11. The van der Waals surface area contributed by atoms with Crippen molar-refractivity contribution in [3.8, 4) is 0 Å². The lowest BCUT2D eigenvalue weighted by Crippen LogP contribution is -2.55. The van der Waals surface area contributed by atoms with Crippen molar-refractivity contribution >= 4 is 17.8 Å². The first kappa shape index (κ1) is 20.6. The molecule has 0 aromatic rings. The molecule has 1 amide bonds. The summed E-state index contributed by atoms with van der Waals surface area (Å²) < 4.78 is 11.3. The Bertz CT molecular complexity index is 763. The molecule has 154 valence electrons. The monoisotopic (exact) mass is 389 g/mol. The molecule has 1 heterocycles. The number of esters is 2. The van der Waals surface area contributed by atoms with Crippen LogP contribution in [0.5, 0.6) is 0 Å². The maximum atomic E-state index is 13.0. The number of fused-ring (bicyclic) bond motifs is 2. The molecule has 3 rings (SSSR count). The number of carbonyl (C=O) groups excluding carboxylic acids is 3. The van der Waals surface area contributed by atoms with Crippen LogP contribution in [-0.4, -0.2) is 36.6 Å². The Morgan fingerprint density at radius 1 is 1.29 bits per heavy atom. The van der Waals surface area contributed by atoms with Gasteiger partial charge >= 0.3 is 11.9 Å². The zero-order valence-electron chi connectivity index (χ0n) is 17.6. The summed E-state index contributed by atoms with van der Waals surface area (Å²) in [7, 11) is 0. The van der Waals surface area contributed by atoms with Crippen LogP contribution >= 0.6 is 0 Å². The van der Waals surface area contributed by atoms with Gasteiger partial charge in [-0.25, -0.2) is 9.59 Å². The molecule has 6 nitrogen and oxygen atoms in total. The number of nitrogens with one attached hydrogen (secondary N) is 1. The van der Waals surface area contributed by atoms with E-state index in [2.05, 4.69) is 32.2 Å². The number of allylic oxidation sites excluding steroid dienone is 1. The van der Waals surface area contributed by atoms with Crippen LogP contribution in [0.3, 0.4) is 0 Å². The second-order valence-corrected chi connectivity index (χ2v) is 9.46. The summed E-state index contributed by atoms with van der Waals surface area (Å²) in [6, 6.07) is -0.691. The van der Waals surface area contributed by atoms with E-state index in [1.54, 1.807) is 0 Å². The zero-order valence-corrected chi connectivity index (χ0v) is 17.6. The largest absolute Gasteiger partial charge is 0.460 e. The van der Waals surface area contributed by atoms with Gasteiger partial charge in [0.05, 0.1) is 5.57 Å². The molecule has 0 aromatic heterocycles. The van der Waals surface area contributed by atoms with Crippen LogP contribution < -0.4 is 5.32 Å². The van der Waals surface area contributed by atoms with Gasteiger partial charge in [0, 0.05) is 12.3 Å². The van der Waals surface area contributed by atoms with Crippen molar-refractivity contribution in [2.45, 2.75) is 66.5 Å². The minimum atomic E-state index is -0.691. The first-order chi connectivity index (χ1) is 13.0. The summed E-state index contributed by atoms with van der Waals surface area (Å²) in [6.07, 6.45) is 5.18. The van der Waals surface area contributed by atoms with Crippen LogP contribution in [0.1, 0.15) is 54.4 Å². The molecule has 28 heavy (non-hydrogen) atoms. The summed E-state index contributed by atoms with van der Waals surface area (Å²) >= 11 is 0. The SMILES string of the molecule is CC(=O)N[C@H](C(=O)O[C@H]1CCC(C)(C)[C@@H]2C=CC3=C(COC3=O)[C@@]12C)C(C)C. The summed E-state index contributed by atoms with van der Waals surface area (Å²) in [5.74, 6) is -0.949. The molecule has 3 aliphatic rings. The number of rotatable bonds is 4. The highest BCUT2D eigenvalue weighted by molar-refractivity contribution is 5.95. The van der Waals surface area contributed by atoms with Crippen molar-refractivity contribution in [3.05, 3.63) is 23.3 Å². The highest BCUT2D eigenvalue weighted by Crippen LogP contribution is 2.59. The summed E-state index contributed by atoms with van der Waals surface area (Å²) in [4.78, 5) is 36.6. The smallest absolute Gasteiger partial charge is 0.338 e. The van der Waals surface area contributed by atoms with Gasteiger partial charge in [0.25, 0.3) is 0 Å². The fraction of sp³-hybridized carbons (Fsp3) is 0.682. The van der Waals surface area contributed by atoms with Gasteiger partial charge in [-0.2, -0.15) is 0 Å². The molecule has 0 unspecified atom stereocenters. The normalized spacial score (nSPS) is 31.8. The molecule has 0 spiro atoms. The van der Waals surface area contributed by atoms with Crippen molar-refractivity contribution in [1.29, 1.82) is 0 Å². The van der Waals surface area contributed by atoms with Crippen LogP contribution in [0.25, 0.3) is 0 Å². The third-order valence-electron chi connectivity index (χ3n) is 6.74. The van der Waals surface area contributed by atoms with Crippen molar-refractivity contribution in [3.63, 3.8) is 0 Å². The molecular formula is C22H31NO5. The minimum absolute atomic E-state index is 0.00735. The van der Waals surface area contributed by atoms with E-state index in [1.165, 1.54) is 6.92 Å². The average Bonchev–Trinajstić information content (AvgIpc) is 2.97. The van der Waals surface area contributed by atoms with E-state index in [1.807, 2.05) is 19.9 Å². The lowest BCUT2D eigenvalue weighted by atomic mass is 9.51. The van der Waals surface area contributed by atoms with E-state index in [0.717, 1.165) is 12.0 Å². The molecule has 4 atom stereocenters. The molecule has 1 aliphatic heterocycles. The van der Waals surface area contributed by atoms with Gasteiger partial charge in [0.1, 0.15) is 18.8 Å². The molecule has 1 N–H and O–H groups in total. The predicted molar refractivity (Wildman–Crippen MR) is 104 cm³/mol. The Morgan fingerprint density at radius 2 is 1.96 bits per heavy atom. The van der Waals surface area contributed by atoms with Crippen LogP contribution in [0.2, 0.25) is 0 Å². The fourth-order valence-corrected chi connectivity index (χ4v) is 5.15. The van der Waals surface area contributed by atoms with E-state index in [4.69, 9.17) is 9.47 Å². The summed E-state index contributed by atoms with van der Waals surface area (Å²) in [5, 5.41) is 2.70. The molecular weight excluding hydrogens is 358 g/mol. The van der Waals surface area contributed by atoms with Gasteiger partial charge in [-0.15, -0.1) is 0 Å². The number of hydrogen-bond acceptors (Lipinski definition) is 5. The number of hydrogen-bond donors (Lipinski definition) is 1.